The van der Waals surface area contributed by atoms with Gasteiger partial charge in [-0.25, -0.2) is 8.42 Å². The molecule has 0 saturated heterocycles. The molecule has 0 spiro atoms. The highest BCUT2D eigenvalue weighted by Crippen LogP contribution is 2.24. The van der Waals surface area contributed by atoms with Crippen molar-refractivity contribution in [3.63, 3.8) is 0 Å². The van der Waals surface area contributed by atoms with Crippen LogP contribution in [0.2, 0.25) is 0 Å². The van der Waals surface area contributed by atoms with Gasteiger partial charge in [-0.3, -0.25) is 13.9 Å². The van der Waals surface area contributed by atoms with Crippen molar-refractivity contribution >= 4 is 27.5 Å². The van der Waals surface area contributed by atoms with Crippen molar-refractivity contribution in [2.45, 2.75) is 32.5 Å². The molecular weight excluding hydrogens is 562 g/mol. The highest BCUT2D eigenvalue weighted by Gasteiger charge is 2.32. The molecule has 0 fully saturated rings. The molecule has 0 saturated carbocycles. The number of benzene rings is 4. The van der Waals surface area contributed by atoms with Gasteiger partial charge >= 0.3 is 0 Å². The molecule has 0 aliphatic heterocycles. The molecule has 2 amide bonds. The second-order valence-electron chi connectivity index (χ2n) is 10.4. The normalized spacial score (nSPS) is 11.8. The monoisotopic (exact) mass is 599 g/mol. The van der Waals surface area contributed by atoms with Crippen LogP contribution in [-0.4, -0.2) is 51.0 Å². The lowest BCUT2D eigenvalue weighted by molar-refractivity contribution is -0.139. The zero-order valence-electron chi connectivity index (χ0n) is 24.6. The van der Waals surface area contributed by atoms with E-state index < -0.39 is 28.5 Å². The molecule has 1 atom stereocenters. The van der Waals surface area contributed by atoms with Crippen molar-refractivity contribution in [3.8, 4) is 5.75 Å². The maximum atomic E-state index is 14.0. The summed E-state index contributed by atoms with van der Waals surface area (Å²) in [4.78, 5) is 28.7. The average Bonchev–Trinajstić information content (AvgIpc) is 3.01. The van der Waals surface area contributed by atoms with E-state index in [1.807, 2.05) is 91.9 Å². The van der Waals surface area contributed by atoms with Crippen LogP contribution in [0.25, 0.3) is 0 Å². The van der Waals surface area contributed by atoms with E-state index in [9.17, 15) is 18.0 Å². The third-order valence-corrected chi connectivity index (χ3v) is 8.18. The number of amides is 2. The predicted octanol–water partition coefficient (Wildman–Crippen LogP) is 4.73. The first-order chi connectivity index (χ1) is 20.6. The van der Waals surface area contributed by atoms with Crippen molar-refractivity contribution < 1.29 is 22.7 Å². The molecule has 0 bridgehead atoms. The zero-order chi connectivity index (χ0) is 30.8. The van der Waals surface area contributed by atoms with Gasteiger partial charge < -0.3 is 15.0 Å². The topological polar surface area (TPSA) is 96.0 Å². The summed E-state index contributed by atoms with van der Waals surface area (Å²) in [7, 11) is -2.33. The fourth-order valence-corrected chi connectivity index (χ4v) is 5.52. The standard InChI is InChI=1S/C34H37N3O5S/c1-26-14-16-28(17-15-26)23-36(32(34(39)35-2)22-27-10-6-4-7-11-27)33(38)24-37(43(3,40)41)30-18-20-31(21-19-30)42-25-29-12-8-5-9-13-29/h4-21,32H,22-25H2,1-3H3,(H,35,39)/t32-/m0/s1. The Morgan fingerprint density at radius 2 is 1.37 bits per heavy atom. The Hall–Kier alpha value is -4.63. The van der Waals surface area contributed by atoms with E-state index in [4.69, 9.17) is 4.74 Å². The van der Waals surface area contributed by atoms with E-state index in [-0.39, 0.29) is 18.9 Å². The molecule has 0 unspecified atom stereocenters. The summed E-state index contributed by atoms with van der Waals surface area (Å²) in [6.07, 6.45) is 1.33. The number of anilines is 1. The molecule has 0 aliphatic rings. The van der Waals surface area contributed by atoms with Crippen LogP contribution < -0.4 is 14.4 Å². The Morgan fingerprint density at radius 3 is 1.93 bits per heavy atom. The van der Waals surface area contributed by atoms with Gasteiger partial charge in [0.2, 0.25) is 21.8 Å². The van der Waals surface area contributed by atoms with Gasteiger partial charge in [0.15, 0.2) is 0 Å². The zero-order valence-corrected chi connectivity index (χ0v) is 25.5. The highest BCUT2D eigenvalue weighted by atomic mass is 32.2. The maximum absolute atomic E-state index is 14.0. The smallest absolute Gasteiger partial charge is 0.244 e. The summed E-state index contributed by atoms with van der Waals surface area (Å²) < 4.78 is 32.9. The lowest BCUT2D eigenvalue weighted by Crippen LogP contribution is -2.52. The van der Waals surface area contributed by atoms with Crippen LogP contribution in [0, 0.1) is 6.92 Å². The van der Waals surface area contributed by atoms with E-state index in [1.165, 1.54) is 11.9 Å². The number of aryl methyl sites for hydroxylation is 1. The van der Waals surface area contributed by atoms with Crippen LogP contribution in [0.5, 0.6) is 5.75 Å². The number of nitrogens with one attached hydrogen (secondary N) is 1. The molecule has 43 heavy (non-hydrogen) atoms. The van der Waals surface area contributed by atoms with Crippen molar-refractivity contribution in [3.05, 3.63) is 131 Å². The van der Waals surface area contributed by atoms with E-state index in [1.54, 1.807) is 24.3 Å². The maximum Gasteiger partial charge on any atom is 0.244 e. The number of hydrogen-bond acceptors (Lipinski definition) is 5. The van der Waals surface area contributed by atoms with Crippen LogP contribution in [0.15, 0.2) is 109 Å². The van der Waals surface area contributed by atoms with E-state index in [0.717, 1.165) is 32.8 Å². The van der Waals surface area contributed by atoms with Crippen LogP contribution in [0.1, 0.15) is 22.3 Å². The Bertz CT molecular complexity index is 1590. The van der Waals surface area contributed by atoms with Crippen molar-refractivity contribution in [1.29, 1.82) is 0 Å². The summed E-state index contributed by atoms with van der Waals surface area (Å²) >= 11 is 0. The minimum absolute atomic E-state index is 0.133. The molecule has 4 rings (SSSR count). The fraction of sp³-hybridized carbons (Fsp3) is 0.235. The van der Waals surface area contributed by atoms with Gasteiger partial charge in [-0.05, 0) is 47.9 Å². The van der Waals surface area contributed by atoms with Gasteiger partial charge in [0.1, 0.15) is 24.9 Å². The van der Waals surface area contributed by atoms with E-state index >= 15 is 0 Å². The van der Waals surface area contributed by atoms with E-state index in [0.29, 0.717) is 18.0 Å². The fourth-order valence-electron chi connectivity index (χ4n) is 4.67. The molecule has 4 aromatic rings. The van der Waals surface area contributed by atoms with Gasteiger partial charge in [0.25, 0.3) is 0 Å². The molecule has 0 heterocycles. The van der Waals surface area contributed by atoms with Crippen LogP contribution in [0.4, 0.5) is 5.69 Å². The summed E-state index contributed by atoms with van der Waals surface area (Å²) in [5, 5.41) is 2.68. The Kier molecular flexibility index (Phi) is 10.6. The first-order valence-electron chi connectivity index (χ1n) is 14.0. The number of ether oxygens (including phenoxy) is 1. The molecule has 4 aromatic carbocycles. The van der Waals surface area contributed by atoms with Crippen LogP contribution in [0.3, 0.4) is 0 Å². The molecule has 224 valence electrons. The molecule has 0 radical (unpaired) electrons. The molecule has 0 aromatic heterocycles. The number of hydrogen-bond donors (Lipinski definition) is 1. The first-order valence-corrected chi connectivity index (χ1v) is 15.8. The number of carbonyl (C=O) groups excluding carboxylic acids is 2. The third kappa shape index (κ3) is 8.93. The number of rotatable bonds is 13. The number of sulfonamides is 1. The quantitative estimate of drug-likeness (QED) is 0.240. The molecule has 8 nitrogen and oxygen atoms in total. The van der Waals surface area contributed by atoms with Gasteiger partial charge in [-0.2, -0.15) is 0 Å². The highest BCUT2D eigenvalue weighted by molar-refractivity contribution is 7.92. The van der Waals surface area contributed by atoms with E-state index in [2.05, 4.69) is 5.32 Å². The minimum atomic E-state index is -3.86. The van der Waals surface area contributed by atoms with Crippen LogP contribution >= 0.6 is 0 Å². The summed E-state index contributed by atoms with van der Waals surface area (Å²) in [5.74, 6) is -0.272. The SMILES string of the molecule is CNC(=O)[C@H](Cc1ccccc1)N(Cc1ccc(C)cc1)C(=O)CN(c1ccc(OCc2ccccc2)cc1)S(C)(=O)=O. The average molecular weight is 600 g/mol. The van der Waals surface area contributed by atoms with Gasteiger partial charge in [-0.1, -0.05) is 90.5 Å². The van der Waals surface area contributed by atoms with Gasteiger partial charge in [0, 0.05) is 20.0 Å². The van der Waals surface area contributed by atoms with Crippen molar-refractivity contribution in [2.75, 3.05) is 24.2 Å². The van der Waals surface area contributed by atoms with Crippen molar-refractivity contribution in [2.24, 2.45) is 0 Å². The lowest BCUT2D eigenvalue weighted by atomic mass is 10.0. The second kappa shape index (κ2) is 14.5. The molecule has 9 heteroatoms. The van der Waals surface area contributed by atoms with Crippen LogP contribution in [-0.2, 0) is 39.2 Å². The molecular formula is C34H37N3O5S. The summed E-state index contributed by atoms with van der Waals surface area (Å²) in [6.45, 7) is 1.99. The van der Waals surface area contributed by atoms with Crippen molar-refractivity contribution in [1.82, 2.24) is 10.2 Å². The summed E-state index contributed by atoms with van der Waals surface area (Å²) in [5.41, 5.74) is 4.09. The second-order valence-corrected chi connectivity index (χ2v) is 12.3. The predicted molar refractivity (Wildman–Crippen MR) is 169 cm³/mol. The number of likely N-dealkylation sites (N-methyl/N-ethyl adjacent to an activating group) is 1. The molecule has 0 aliphatic carbocycles. The Morgan fingerprint density at radius 1 is 0.791 bits per heavy atom. The van der Waals surface area contributed by atoms with Gasteiger partial charge in [0.05, 0.1) is 11.9 Å². The van der Waals surface area contributed by atoms with Gasteiger partial charge in [-0.15, -0.1) is 0 Å². The Balaban J connectivity index is 1.61. The minimum Gasteiger partial charge on any atom is -0.489 e. The largest absolute Gasteiger partial charge is 0.489 e. The number of carbonyl (C=O) groups is 2. The third-order valence-electron chi connectivity index (χ3n) is 7.04. The summed E-state index contributed by atoms with van der Waals surface area (Å²) in [6, 6.07) is 32.5. The number of nitrogens with zero attached hydrogens (tertiary/aromatic N) is 2. The Labute approximate surface area is 254 Å². The first kappa shape index (κ1) is 31.3. The lowest BCUT2D eigenvalue weighted by Gasteiger charge is -2.33. The molecule has 1 N–H and O–H groups in total.